The fourth-order valence-electron chi connectivity index (χ4n) is 5.16. The molecule has 9 nitrogen and oxygen atoms in total. The van der Waals surface area contributed by atoms with Gasteiger partial charge in [0.2, 0.25) is 0 Å². The monoisotopic (exact) mass is 790 g/mol. The molecule has 0 heterocycles. The lowest BCUT2D eigenvalue weighted by Crippen LogP contribution is -2.29. The van der Waals surface area contributed by atoms with Crippen LogP contribution in [0.25, 0.3) is 0 Å². The number of hydrogen-bond acceptors (Lipinski definition) is 8. The van der Waals surface area contributed by atoms with E-state index < -0.39 is 32.5 Å². The van der Waals surface area contributed by atoms with E-state index in [-0.39, 0.29) is 32.6 Å². The Bertz CT molecular complexity index is 1170. The van der Waals surface area contributed by atoms with Crippen molar-refractivity contribution < 1.29 is 37.6 Å². The molecule has 0 aromatic rings. The Morgan fingerprint density at radius 3 is 1.47 bits per heavy atom. The molecule has 0 saturated carbocycles. The summed E-state index contributed by atoms with van der Waals surface area (Å²) in [5.74, 6) is -0.891. The van der Waals surface area contributed by atoms with Crippen LogP contribution in [0.2, 0.25) is 0 Å². The lowest BCUT2D eigenvalue weighted by Gasteiger charge is -2.19. The van der Waals surface area contributed by atoms with Crippen molar-refractivity contribution in [2.24, 2.45) is 5.73 Å². The molecule has 0 rings (SSSR count). The first-order valence-electron chi connectivity index (χ1n) is 21.1. The molecule has 0 radical (unpaired) electrons. The number of phosphoric acid groups is 1. The Balaban J connectivity index is 4.28. The second-order valence-electron chi connectivity index (χ2n) is 13.5. The number of nitrogens with two attached hydrogens (primary N) is 1. The summed E-state index contributed by atoms with van der Waals surface area (Å²) < 4.78 is 32.7. The van der Waals surface area contributed by atoms with Crippen LogP contribution in [0.1, 0.15) is 155 Å². The number of carbonyl (C=O) groups excluding carboxylic acids is 2. The van der Waals surface area contributed by atoms with Gasteiger partial charge in [-0.05, 0) is 89.9 Å². The Hall–Kier alpha value is -2.81. The largest absolute Gasteiger partial charge is 0.472 e. The number of phosphoric ester groups is 1. The topological polar surface area (TPSA) is 134 Å². The summed E-state index contributed by atoms with van der Waals surface area (Å²) in [7, 11) is -4.39. The van der Waals surface area contributed by atoms with E-state index >= 15 is 0 Å². The third-order valence-electron chi connectivity index (χ3n) is 8.27. The second kappa shape index (κ2) is 40.8. The van der Waals surface area contributed by atoms with E-state index in [0.29, 0.717) is 12.8 Å². The molecule has 0 bridgehead atoms. The van der Waals surface area contributed by atoms with Crippen LogP contribution in [-0.4, -0.2) is 49.3 Å². The maximum Gasteiger partial charge on any atom is 0.472 e. The van der Waals surface area contributed by atoms with Gasteiger partial charge in [-0.1, -0.05) is 137 Å². The number of carbonyl (C=O) groups is 2. The van der Waals surface area contributed by atoms with Crippen LogP contribution in [0.5, 0.6) is 0 Å². The third-order valence-corrected chi connectivity index (χ3v) is 9.25. The second-order valence-corrected chi connectivity index (χ2v) is 14.9. The lowest BCUT2D eigenvalue weighted by atomic mass is 10.1. The number of ether oxygens (including phenoxy) is 2. The summed E-state index contributed by atoms with van der Waals surface area (Å²) in [6.07, 6.45) is 50.4. The molecule has 0 aromatic heterocycles. The third kappa shape index (κ3) is 40.7. The fourth-order valence-corrected chi connectivity index (χ4v) is 5.92. The van der Waals surface area contributed by atoms with E-state index in [4.69, 9.17) is 24.3 Å². The Labute approximate surface area is 334 Å². The molecule has 2 atom stereocenters. The average molecular weight is 790 g/mol. The molecular weight excluding hydrogens is 713 g/mol. The van der Waals surface area contributed by atoms with Crippen molar-refractivity contribution in [2.45, 2.75) is 161 Å². The van der Waals surface area contributed by atoms with Crippen molar-refractivity contribution in [3.8, 4) is 0 Å². The Morgan fingerprint density at radius 2 is 1.00 bits per heavy atom. The maximum atomic E-state index is 12.6. The van der Waals surface area contributed by atoms with Gasteiger partial charge in [-0.2, -0.15) is 0 Å². The molecule has 0 aliphatic carbocycles. The minimum atomic E-state index is -4.39. The summed E-state index contributed by atoms with van der Waals surface area (Å²) in [6, 6.07) is 0. The van der Waals surface area contributed by atoms with Crippen molar-refractivity contribution in [1.29, 1.82) is 0 Å². The lowest BCUT2D eigenvalue weighted by molar-refractivity contribution is -0.161. The van der Waals surface area contributed by atoms with E-state index in [1.54, 1.807) is 0 Å². The molecule has 0 spiro atoms. The number of unbranched alkanes of at least 4 members (excludes halogenated alkanes) is 11. The fraction of sp³-hybridized carbons (Fsp3) is 0.644. The highest BCUT2D eigenvalue weighted by Gasteiger charge is 2.25. The van der Waals surface area contributed by atoms with Gasteiger partial charge in [-0.15, -0.1) is 0 Å². The van der Waals surface area contributed by atoms with Gasteiger partial charge < -0.3 is 20.1 Å². The molecule has 0 aromatic carbocycles. The van der Waals surface area contributed by atoms with Gasteiger partial charge in [-0.3, -0.25) is 18.6 Å². The van der Waals surface area contributed by atoms with E-state index in [9.17, 15) is 19.0 Å². The highest BCUT2D eigenvalue weighted by Crippen LogP contribution is 2.43. The predicted octanol–water partition coefficient (Wildman–Crippen LogP) is 12.0. The first-order valence-corrected chi connectivity index (χ1v) is 22.6. The molecule has 314 valence electrons. The number of rotatable bonds is 38. The average Bonchev–Trinajstić information content (AvgIpc) is 3.17. The molecule has 0 saturated heterocycles. The van der Waals surface area contributed by atoms with Crippen LogP contribution >= 0.6 is 7.82 Å². The van der Waals surface area contributed by atoms with E-state index in [1.165, 1.54) is 25.7 Å². The molecule has 0 amide bonds. The summed E-state index contributed by atoms with van der Waals surface area (Å²) in [4.78, 5) is 34.8. The molecule has 0 aliphatic rings. The van der Waals surface area contributed by atoms with Crippen molar-refractivity contribution in [2.75, 3.05) is 26.4 Å². The maximum absolute atomic E-state index is 12.6. The number of esters is 2. The van der Waals surface area contributed by atoms with E-state index in [2.05, 4.69) is 98.9 Å². The smallest absolute Gasteiger partial charge is 0.462 e. The molecule has 10 heteroatoms. The normalized spacial score (nSPS) is 14.2. The first kappa shape index (κ1) is 52.2. The van der Waals surface area contributed by atoms with Gasteiger partial charge in [0.25, 0.3) is 0 Å². The predicted molar refractivity (Wildman–Crippen MR) is 229 cm³/mol. The van der Waals surface area contributed by atoms with Gasteiger partial charge >= 0.3 is 19.8 Å². The molecule has 0 fully saturated rings. The summed E-state index contributed by atoms with van der Waals surface area (Å²) in [5.41, 5.74) is 5.34. The van der Waals surface area contributed by atoms with Gasteiger partial charge in [0.1, 0.15) is 6.61 Å². The summed E-state index contributed by atoms with van der Waals surface area (Å²) >= 11 is 0. The Kier molecular flexibility index (Phi) is 38.8. The zero-order valence-corrected chi connectivity index (χ0v) is 35.3. The van der Waals surface area contributed by atoms with Gasteiger partial charge in [0, 0.05) is 19.4 Å². The quantitative estimate of drug-likeness (QED) is 0.0271. The van der Waals surface area contributed by atoms with Crippen molar-refractivity contribution in [1.82, 2.24) is 0 Å². The molecule has 3 N–H and O–H groups in total. The van der Waals surface area contributed by atoms with Crippen molar-refractivity contribution >= 4 is 19.8 Å². The first-order chi connectivity index (χ1) is 26.8. The Morgan fingerprint density at radius 1 is 0.564 bits per heavy atom. The summed E-state index contributed by atoms with van der Waals surface area (Å²) in [6.45, 7) is 3.51. The molecule has 55 heavy (non-hydrogen) atoms. The van der Waals surface area contributed by atoms with Crippen LogP contribution < -0.4 is 5.73 Å². The van der Waals surface area contributed by atoms with E-state index in [0.717, 1.165) is 89.9 Å². The van der Waals surface area contributed by atoms with Gasteiger partial charge in [0.05, 0.1) is 13.2 Å². The van der Waals surface area contributed by atoms with Crippen LogP contribution in [0.15, 0.2) is 85.1 Å². The summed E-state index contributed by atoms with van der Waals surface area (Å²) in [5, 5.41) is 0. The zero-order valence-electron chi connectivity index (χ0n) is 34.4. The van der Waals surface area contributed by atoms with Gasteiger partial charge in [-0.25, -0.2) is 4.57 Å². The molecule has 1 unspecified atom stereocenters. The molecule has 0 aliphatic heterocycles. The molecular formula is C45H76NO8P. The highest BCUT2D eigenvalue weighted by atomic mass is 31.2. The van der Waals surface area contributed by atoms with Crippen LogP contribution in [0, 0.1) is 0 Å². The van der Waals surface area contributed by atoms with E-state index in [1.807, 2.05) is 0 Å². The highest BCUT2D eigenvalue weighted by molar-refractivity contribution is 7.47. The zero-order chi connectivity index (χ0) is 40.3. The number of hydrogen-bond donors (Lipinski definition) is 2. The number of allylic oxidation sites excluding steroid dienone is 14. The van der Waals surface area contributed by atoms with Crippen LogP contribution in [0.4, 0.5) is 0 Å². The van der Waals surface area contributed by atoms with Gasteiger partial charge in [0.15, 0.2) is 6.10 Å². The minimum Gasteiger partial charge on any atom is -0.462 e. The van der Waals surface area contributed by atoms with Crippen LogP contribution in [0.3, 0.4) is 0 Å². The van der Waals surface area contributed by atoms with Crippen molar-refractivity contribution in [3.63, 3.8) is 0 Å². The SMILES string of the molecule is CC/C=C\C/C=C\C/C=C\C/C=C\CCCCCCC(=O)OC[C@H](COP(=O)(O)OCCN)OC(=O)CCCCCC/C=C\C/C=C\C/C=C\CCCCC. The standard InChI is InChI=1S/C45H76NO8P/c1-3-5-7-9-11-13-15-17-19-21-23-25-27-29-31-33-35-37-44(47)51-41-43(42-53-55(49,50)52-40-39-46)54-45(48)38-36-34-32-30-28-26-24-22-20-18-16-14-12-10-8-6-4-2/h5,7,11-14,17-20,23-26,43H,3-4,6,8-10,15-16,21-22,27-42,46H2,1-2H3,(H,49,50)/b7-5-,13-11-,14-12-,19-17-,20-18-,25-23-,26-24-/t43-/m1/s1. The van der Waals surface area contributed by atoms with Crippen molar-refractivity contribution in [3.05, 3.63) is 85.1 Å². The van der Waals surface area contributed by atoms with Crippen LogP contribution in [-0.2, 0) is 32.7 Å². The minimum absolute atomic E-state index is 0.0410.